The highest BCUT2D eigenvalue weighted by molar-refractivity contribution is 7.18. The van der Waals surface area contributed by atoms with Crippen molar-refractivity contribution in [3.05, 3.63) is 35.5 Å². The summed E-state index contributed by atoms with van der Waals surface area (Å²) in [6.45, 7) is 5.73. The summed E-state index contributed by atoms with van der Waals surface area (Å²) >= 11 is 1.68. The number of rotatable bonds is 5. The van der Waals surface area contributed by atoms with E-state index >= 15 is 0 Å². The molecule has 1 aromatic carbocycles. The minimum atomic E-state index is 0.693. The lowest BCUT2D eigenvalue weighted by molar-refractivity contribution is 0.211. The van der Waals surface area contributed by atoms with Crippen LogP contribution >= 0.6 is 11.3 Å². The smallest absolute Gasteiger partial charge is 0.183 e. The molecule has 0 aliphatic carbocycles. The summed E-state index contributed by atoms with van der Waals surface area (Å²) in [5, 5.41) is 4.20. The summed E-state index contributed by atoms with van der Waals surface area (Å²) in [6.07, 6.45) is 1.93. The SMILES string of the molecule is COCCNc1ncc(-c2ccc(C)cc2C)s1. The summed E-state index contributed by atoms with van der Waals surface area (Å²) in [6, 6.07) is 6.50. The van der Waals surface area contributed by atoms with E-state index in [2.05, 4.69) is 42.3 Å². The van der Waals surface area contributed by atoms with Crippen molar-refractivity contribution in [3.8, 4) is 10.4 Å². The van der Waals surface area contributed by atoms with Gasteiger partial charge in [-0.1, -0.05) is 35.1 Å². The fraction of sp³-hybridized carbons (Fsp3) is 0.357. The molecule has 0 radical (unpaired) electrons. The van der Waals surface area contributed by atoms with Crippen LogP contribution in [0.4, 0.5) is 5.13 Å². The number of hydrogen-bond donors (Lipinski definition) is 1. The monoisotopic (exact) mass is 262 g/mol. The Morgan fingerprint density at radius 2 is 2.17 bits per heavy atom. The van der Waals surface area contributed by atoms with Crippen molar-refractivity contribution in [2.75, 3.05) is 25.6 Å². The summed E-state index contributed by atoms with van der Waals surface area (Å²) in [5.74, 6) is 0. The van der Waals surface area contributed by atoms with Gasteiger partial charge in [-0.2, -0.15) is 0 Å². The number of benzene rings is 1. The van der Waals surface area contributed by atoms with Gasteiger partial charge in [0.15, 0.2) is 5.13 Å². The molecular formula is C14H18N2OS. The van der Waals surface area contributed by atoms with Gasteiger partial charge in [0, 0.05) is 19.9 Å². The first-order valence-corrected chi connectivity index (χ1v) is 6.78. The van der Waals surface area contributed by atoms with E-state index in [1.165, 1.54) is 21.6 Å². The van der Waals surface area contributed by atoms with Gasteiger partial charge in [-0.15, -0.1) is 0 Å². The molecule has 0 saturated carbocycles. The van der Waals surface area contributed by atoms with E-state index in [0.717, 1.165) is 11.7 Å². The van der Waals surface area contributed by atoms with Crippen LogP contribution in [0.1, 0.15) is 11.1 Å². The van der Waals surface area contributed by atoms with Crippen LogP contribution < -0.4 is 5.32 Å². The lowest BCUT2D eigenvalue weighted by Crippen LogP contribution is -2.06. The van der Waals surface area contributed by atoms with Crippen LogP contribution in [0, 0.1) is 13.8 Å². The molecule has 0 aliphatic heterocycles. The number of hydrogen-bond acceptors (Lipinski definition) is 4. The van der Waals surface area contributed by atoms with Crippen LogP contribution in [-0.2, 0) is 4.74 Å². The summed E-state index contributed by atoms with van der Waals surface area (Å²) in [5.41, 5.74) is 3.85. The largest absolute Gasteiger partial charge is 0.383 e. The Balaban J connectivity index is 2.13. The van der Waals surface area contributed by atoms with Gasteiger partial charge < -0.3 is 10.1 Å². The molecular weight excluding hydrogens is 244 g/mol. The minimum Gasteiger partial charge on any atom is -0.383 e. The third kappa shape index (κ3) is 3.09. The highest BCUT2D eigenvalue weighted by Gasteiger charge is 2.06. The zero-order valence-electron chi connectivity index (χ0n) is 11.0. The molecule has 0 amide bonds. The first kappa shape index (κ1) is 13.1. The van der Waals surface area contributed by atoms with Crippen molar-refractivity contribution < 1.29 is 4.74 Å². The first-order chi connectivity index (χ1) is 8.70. The Morgan fingerprint density at radius 1 is 1.33 bits per heavy atom. The molecule has 0 fully saturated rings. The predicted octanol–water partition coefficient (Wildman–Crippen LogP) is 3.49. The van der Waals surface area contributed by atoms with Crippen LogP contribution in [0.2, 0.25) is 0 Å². The number of nitrogens with zero attached hydrogens (tertiary/aromatic N) is 1. The van der Waals surface area contributed by atoms with Crippen LogP contribution in [0.5, 0.6) is 0 Å². The van der Waals surface area contributed by atoms with Crippen LogP contribution in [0.15, 0.2) is 24.4 Å². The third-order valence-electron chi connectivity index (χ3n) is 2.74. The maximum atomic E-state index is 5.00. The maximum Gasteiger partial charge on any atom is 0.183 e. The molecule has 0 aliphatic rings. The molecule has 0 bridgehead atoms. The number of anilines is 1. The number of aryl methyl sites for hydroxylation is 2. The van der Waals surface area contributed by atoms with E-state index in [-0.39, 0.29) is 0 Å². The van der Waals surface area contributed by atoms with E-state index < -0.39 is 0 Å². The van der Waals surface area contributed by atoms with E-state index in [0.29, 0.717) is 6.61 Å². The van der Waals surface area contributed by atoms with Gasteiger partial charge in [0.25, 0.3) is 0 Å². The summed E-state index contributed by atoms with van der Waals surface area (Å²) < 4.78 is 5.00. The first-order valence-electron chi connectivity index (χ1n) is 5.97. The fourth-order valence-corrected chi connectivity index (χ4v) is 2.76. The average molecular weight is 262 g/mol. The lowest BCUT2D eigenvalue weighted by atomic mass is 10.1. The van der Waals surface area contributed by atoms with E-state index in [9.17, 15) is 0 Å². The second-order valence-corrected chi connectivity index (χ2v) is 5.30. The molecule has 18 heavy (non-hydrogen) atoms. The number of thiazole rings is 1. The van der Waals surface area contributed by atoms with Gasteiger partial charge >= 0.3 is 0 Å². The molecule has 0 saturated heterocycles. The van der Waals surface area contributed by atoms with E-state index in [1.54, 1.807) is 18.4 Å². The highest BCUT2D eigenvalue weighted by atomic mass is 32.1. The Labute approximate surface area is 112 Å². The van der Waals surface area contributed by atoms with E-state index in [4.69, 9.17) is 4.74 Å². The Bertz CT molecular complexity index is 522. The number of ether oxygens (including phenoxy) is 1. The van der Waals surface area contributed by atoms with E-state index in [1.807, 2.05) is 6.20 Å². The molecule has 1 N–H and O–H groups in total. The molecule has 2 rings (SSSR count). The Kier molecular flexibility index (Phi) is 4.33. The molecule has 96 valence electrons. The van der Waals surface area contributed by atoms with Crippen molar-refractivity contribution in [1.82, 2.24) is 4.98 Å². The molecule has 3 nitrogen and oxygen atoms in total. The van der Waals surface area contributed by atoms with Gasteiger partial charge in [-0.25, -0.2) is 4.98 Å². The standard InChI is InChI=1S/C14H18N2OS/c1-10-4-5-12(11(2)8-10)13-9-16-14(18-13)15-6-7-17-3/h4-5,8-9H,6-7H2,1-3H3,(H,15,16). The van der Waals surface area contributed by atoms with Gasteiger partial charge in [0.2, 0.25) is 0 Å². The Morgan fingerprint density at radius 3 is 2.89 bits per heavy atom. The minimum absolute atomic E-state index is 0.693. The Hall–Kier alpha value is -1.39. The quantitative estimate of drug-likeness (QED) is 0.838. The van der Waals surface area contributed by atoms with Crippen molar-refractivity contribution in [2.24, 2.45) is 0 Å². The maximum absolute atomic E-state index is 5.00. The predicted molar refractivity (Wildman–Crippen MR) is 77.4 cm³/mol. The summed E-state index contributed by atoms with van der Waals surface area (Å²) in [7, 11) is 1.70. The third-order valence-corrected chi connectivity index (χ3v) is 3.72. The average Bonchev–Trinajstić information content (AvgIpc) is 2.78. The zero-order valence-corrected chi connectivity index (χ0v) is 11.8. The normalized spacial score (nSPS) is 10.6. The molecule has 0 atom stereocenters. The second-order valence-electron chi connectivity index (χ2n) is 4.27. The zero-order chi connectivity index (χ0) is 13.0. The molecule has 1 heterocycles. The number of methoxy groups -OCH3 is 1. The number of aromatic nitrogens is 1. The van der Waals surface area contributed by atoms with Crippen LogP contribution in [0.3, 0.4) is 0 Å². The fourth-order valence-electron chi connectivity index (χ4n) is 1.83. The van der Waals surface area contributed by atoms with Gasteiger partial charge in [-0.05, 0) is 25.0 Å². The van der Waals surface area contributed by atoms with Gasteiger partial charge in [-0.3, -0.25) is 0 Å². The van der Waals surface area contributed by atoms with Crippen molar-refractivity contribution in [2.45, 2.75) is 13.8 Å². The van der Waals surface area contributed by atoms with Crippen molar-refractivity contribution in [1.29, 1.82) is 0 Å². The molecule has 1 aromatic heterocycles. The molecule has 2 aromatic rings. The van der Waals surface area contributed by atoms with Crippen molar-refractivity contribution >= 4 is 16.5 Å². The van der Waals surface area contributed by atoms with Crippen molar-refractivity contribution in [3.63, 3.8) is 0 Å². The summed E-state index contributed by atoms with van der Waals surface area (Å²) in [4.78, 5) is 5.58. The van der Waals surface area contributed by atoms with Gasteiger partial charge in [0.05, 0.1) is 11.5 Å². The lowest BCUT2D eigenvalue weighted by Gasteiger charge is -2.03. The topological polar surface area (TPSA) is 34.1 Å². The molecule has 0 spiro atoms. The molecule has 4 heteroatoms. The molecule has 0 unspecified atom stereocenters. The van der Waals surface area contributed by atoms with Crippen LogP contribution in [-0.4, -0.2) is 25.2 Å². The highest BCUT2D eigenvalue weighted by Crippen LogP contribution is 2.31. The second kappa shape index (κ2) is 5.98. The number of nitrogens with one attached hydrogen (secondary N) is 1. The van der Waals surface area contributed by atoms with Gasteiger partial charge in [0.1, 0.15) is 0 Å². The van der Waals surface area contributed by atoms with Crippen LogP contribution in [0.25, 0.3) is 10.4 Å².